The van der Waals surface area contributed by atoms with Gasteiger partial charge in [-0.1, -0.05) is 0 Å². The number of rotatable bonds is 5. The maximum absolute atomic E-state index is 11.0. The van der Waals surface area contributed by atoms with E-state index in [4.69, 9.17) is 14.2 Å². The lowest BCUT2D eigenvalue weighted by Gasteiger charge is -2.14. The lowest BCUT2D eigenvalue weighted by atomic mass is 10.1. The number of nitro benzene ring substituents is 1. The minimum atomic E-state index is -0.778. The first-order valence-corrected chi connectivity index (χ1v) is 4.65. The Morgan fingerprint density at radius 3 is 2.12 bits per heavy atom. The van der Waals surface area contributed by atoms with Crippen LogP contribution in [0.15, 0.2) is 6.07 Å². The molecule has 1 radical (unpaired) electrons. The number of methoxy groups -OCH3 is 3. The molecule has 17 heavy (non-hydrogen) atoms. The Hall–Kier alpha value is -2.02. The van der Waals surface area contributed by atoms with Gasteiger partial charge in [0, 0.05) is 0 Å². The molecule has 0 saturated heterocycles. The van der Waals surface area contributed by atoms with Gasteiger partial charge in [-0.05, 0) is 0 Å². The second-order valence-electron chi connectivity index (χ2n) is 3.04. The van der Waals surface area contributed by atoms with Gasteiger partial charge in [0.2, 0.25) is 5.75 Å². The number of hydrogen-bond donors (Lipinski definition) is 0. The Bertz CT molecular complexity index is 431. The van der Waals surface area contributed by atoms with Gasteiger partial charge < -0.3 is 14.2 Å². The number of benzene rings is 1. The molecular weight excluding hydrogens is 230 g/mol. The fraction of sp³-hybridized carbons (Fsp3) is 0.400. The van der Waals surface area contributed by atoms with Gasteiger partial charge in [0.15, 0.2) is 11.5 Å². The molecule has 0 amide bonds. The van der Waals surface area contributed by atoms with Gasteiger partial charge in [0.05, 0.1) is 32.3 Å². The predicted octanol–water partition coefficient (Wildman–Crippen LogP) is 1.55. The maximum atomic E-state index is 11.0. The summed E-state index contributed by atoms with van der Waals surface area (Å²) in [6.45, 7) is -0.778. The lowest BCUT2D eigenvalue weighted by molar-refractivity contribution is -0.386. The summed E-state index contributed by atoms with van der Waals surface area (Å²) in [5.74, 6) is 0.355. The van der Waals surface area contributed by atoms with Crippen molar-refractivity contribution in [3.63, 3.8) is 0 Å². The molecule has 0 aromatic heterocycles. The Morgan fingerprint density at radius 2 is 1.76 bits per heavy atom. The molecule has 0 aliphatic heterocycles. The molecule has 0 heterocycles. The first-order chi connectivity index (χ1) is 8.10. The SMILES string of the molecule is COc1cc([N+](=O)[O-])c(C[O])c(OC)c1OC. The van der Waals surface area contributed by atoms with Gasteiger partial charge in [0.25, 0.3) is 5.69 Å². The third kappa shape index (κ3) is 2.23. The van der Waals surface area contributed by atoms with Crippen LogP contribution in [0.1, 0.15) is 5.56 Å². The van der Waals surface area contributed by atoms with E-state index in [9.17, 15) is 15.2 Å². The van der Waals surface area contributed by atoms with Crippen molar-refractivity contribution in [1.29, 1.82) is 0 Å². The van der Waals surface area contributed by atoms with Crippen LogP contribution in [0.25, 0.3) is 0 Å². The fourth-order valence-electron chi connectivity index (χ4n) is 1.51. The highest BCUT2D eigenvalue weighted by Crippen LogP contribution is 2.44. The molecule has 0 N–H and O–H groups in total. The summed E-state index contributed by atoms with van der Waals surface area (Å²) in [6.07, 6.45) is 0. The van der Waals surface area contributed by atoms with Gasteiger partial charge in [0.1, 0.15) is 12.2 Å². The second kappa shape index (κ2) is 5.35. The van der Waals surface area contributed by atoms with Gasteiger partial charge in [-0.15, -0.1) is 0 Å². The molecule has 1 aromatic rings. The molecule has 0 fully saturated rings. The van der Waals surface area contributed by atoms with Crippen molar-refractivity contribution in [1.82, 2.24) is 0 Å². The number of ether oxygens (including phenoxy) is 3. The monoisotopic (exact) mass is 242 g/mol. The Kier molecular flexibility index (Phi) is 4.11. The minimum Gasteiger partial charge on any atom is -0.492 e. The van der Waals surface area contributed by atoms with E-state index in [0.29, 0.717) is 0 Å². The van der Waals surface area contributed by atoms with Crippen LogP contribution in [-0.2, 0) is 11.7 Å². The lowest BCUT2D eigenvalue weighted by Crippen LogP contribution is -2.03. The van der Waals surface area contributed by atoms with E-state index < -0.39 is 11.5 Å². The second-order valence-corrected chi connectivity index (χ2v) is 3.04. The highest BCUT2D eigenvalue weighted by atomic mass is 16.6. The zero-order valence-electron chi connectivity index (χ0n) is 9.68. The van der Waals surface area contributed by atoms with Crippen molar-refractivity contribution >= 4 is 5.69 Å². The van der Waals surface area contributed by atoms with E-state index in [1.165, 1.54) is 21.3 Å². The van der Waals surface area contributed by atoms with Crippen LogP contribution in [0.4, 0.5) is 5.69 Å². The quantitative estimate of drug-likeness (QED) is 0.577. The molecule has 0 unspecified atom stereocenters. The molecule has 0 saturated carbocycles. The Labute approximate surface area is 97.7 Å². The first-order valence-electron chi connectivity index (χ1n) is 4.65. The van der Waals surface area contributed by atoms with Gasteiger partial charge in [-0.3, -0.25) is 10.1 Å². The average molecular weight is 242 g/mol. The van der Waals surface area contributed by atoms with Crippen LogP contribution in [0.2, 0.25) is 0 Å². The van der Waals surface area contributed by atoms with Crippen molar-refractivity contribution < 1.29 is 24.2 Å². The molecular formula is C10H12NO6. The van der Waals surface area contributed by atoms with E-state index in [0.717, 1.165) is 6.07 Å². The van der Waals surface area contributed by atoms with Gasteiger partial charge >= 0.3 is 0 Å². The molecule has 0 aliphatic carbocycles. The Balaban J connectivity index is 3.60. The maximum Gasteiger partial charge on any atom is 0.282 e. The van der Waals surface area contributed by atoms with Crippen LogP contribution in [0.3, 0.4) is 0 Å². The predicted molar refractivity (Wildman–Crippen MR) is 57.1 cm³/mol. The van der Waals surface area contributed by atoms with Crippen LogP contribution < -0.4 is 14.2 Å². The standard InChI is InChI=1S/C10H12NO6/c1-15-8-4-7(11(13)14)6(5-12)9(16-2)10(8)17-3/h4H,5H2,1-3H3. The van der Waals surface area contributed by atoms with Gasteiger partial charge in [-0.25, -0.2) is 5.11 Å². The topological polar surface area (TPSA) is 90.7 Å². The van der Waals surface area contributed by atoms with E-state index in [1.54, 1.807) is 0 Å². The molecule has 7 nitrogen and oxygen atoms in total. The highest BCUT2D eigenvalue weighted by molar-refractivity contribution is 5.64. The minimum absolute atomic E-state index is 0.0357. The molecule has 7 heteroatoms. The summed E-state index contributed by atoms with van der Waals surface area (Å²) in [5, 5.41) is 21.9. The third-order valence-electron chi connectivity index (χ3n) is 2.25. The summed E-state index contributed by atoms with van der Waals surface area (Å²) < 4.78 is 15.0. The molecule has 0 spiro atoms. The van der Waals surface area contributed by atoms with E-state index in [-0.39, 0.29) is 28.5 Å². The van der Waals surface area contributed by atoms with E-state index in [1.807, 2.05) is 0 Å². The van der Waals surface area contributed by atoms with Crippen molar-refractivity contribution in [2.24, 2.45) is 0 Å². The van der Waals surface area contributed by atoms with Crippen molar-refractivity contribution in [2.45, 2.75) is 6.61 Å². The van der Waals surface area contributed by atoms with Crippen LogP contribution in [0.5, 0.6) is 17.2 Å². The van der Waals surface area contributed by atoms with Crippen molar-refractivity contribution in [3.05, 3.63) is 21.7 Å². The summed E-state index contributed by atoms with van der Waals surface area (Å²) in [6, 6.07) is 1.15. The molecule has 1 rings (SSSR count). The number of nitrogens with zero attached hydrogens (tertiary/aromatic N) is 1. The summed E-state index contributed by atoms with van der Waals surface area (Å²) in [7, 11) is 4.01. The number of nitro groups is 1. The largest absolute Gasteiger partial charge is 0.492 e. The third-order valence-corrected chi connectivity index (χ3v) is 2.25. The van der Waals surface area contributed by atoms with Crippen LogP contribution in [-0.4, -0.2) is 26.3 Å². The molecule has 1 aromatic carbocycles. The van der Waals surface area contributed by atoms with Crippen molar-refractivity contribution in [2.75, 3.05) is 21.3 Å². The Morgan fingerprint density at radius 1 is 1.18 bits per heavy atom. The number of hydrogen-bond acceptors (Lipinski definition) is 5. The zero-order valence-corrected chi connectivity index (χ0v) is 9.68. The summed E-state index contributed by atoms with van der Waals surface area (Å²) in [5.41, 5.74) is -0.398. The first kappa shape index (κ1) is 13.0. The average Bonchev–Trinajstić information content (AvgIpc) is 2.35. The summed E-state index contributed by atoms with van der Waals surface area (Å²) in [4.78, 5) is 10.2. The van der Waals surface area contributed by atoms with Crippen LogP contribution in [0, 0.1) is 10.1 Å². The smallest absolute Gasteiger partial charge is 0.282 e. The highest BCUT2D eigenvalue weighted by Gasteiger charge is 2.26. The normalized spacial score (nSPS) is 9.88. The molecule has 0 aliphatic rings. The molecule has 0 atom stereocenters. The van der Waals surface area contributed by atoms with Gasteiger partial charge in [-0.2, -0.15) is 0 Å². The zero-order chi connectivity index (χ0) is 13.0. The van der Waals surface area contributed by atoms with Crippen molar-refractivity contribution in [3.8, 4) is 17.2 Å². The molecule has 0 bridgehead atoms. The fourth-order valence-corrected chi connectivity index (χ4v) is 1.51. The van der Waals surface area contributed by atoms with E-state index >= 15 is 0 Å². The van der Waals surface area contributed by atoms with Crippen LogP contribution >= 0.6 is 0 Å². The van der Waals surface area contributed by atoms with E-state index in [2.05, 4.69) is 0 Å². The summed E-state index contributed by atoms with van der Waals surface area (Å²) >= 11 is 0. The molecule has 93 valence electrons.